The van der Waals surface area contributed by atoms with E-state index in [1.165, 1.54) is 12.8 Å². The molecule has 0 radical (unpaired) electrons. The maximum absolute atomic E-state index is 4.29. The minimum Gasteiger partial charge on any atom is -0.315 e. The van der Waals surface area contributed by atoms with E-state index in [2.05, 4.69) is 27.2 Å². The van der Waals surface area contributed by atoms with Gasteiger partial charge in [0.1, 0.15) is 0 Å². The van der Waals surface area contributed by atoms with Gasteiger partial charge in [-0.2, -0.15) is 0 Å². The fraction of sp³-hybridized carbons (Fsp3) is 0.636. The van der Waals surface area contributed by atoms with E-state index in [0.29, 0.717) is 6.04 Å². The van der Waals surface area contributed by atoms with Crippen LogP contribution in [-0.4, -0.2) is 41.0 Å². The fourth-order valence-corrected chi connectivity index (χ4v) is 2.01. The van der Waals surface area contributed by atoms with Gasteiger partial charge in [-0.05, 0) is 26.4 Å². The summed E-state index contributed by atoms with van der Waals surface area (Å²) in [5.41, 5.74) is 1.05. The van der Waals surface area contributed by atoms with Crippen LogP contribution in [0.2, 0.25) is 0 Å². The Bertz CT molecular complexity index is 287. The maximum atomic E-state index is 4.29. The van der Waals surface area contributed by atoms with E-state index in [9.17, 15) is 0 Å². The summed E-state index contributed by atoms with van der Waals surface area (Å²) in [7, 11) is 2.16. The Balaban J connectivity index is 0.00000128. The lowest BCUT2D eigenvalue weighted by molar-refractivity contribution is 0.194. The largest absolute Gasteiger partial charge is 0.315 e. The van der Waals surface area contributed by atoms with Crippen LogP contribution >= 0.6 is 12.4 Å². The monoisotopic (exact) mass is 242 g/mol. The van der Waals surface area contributed by atoms with Crippen LogP contribution in [0.5, 0.6) is 0 Å². The quantitative estimate of drug-likeness (QED) is 0.862. The highest BCUT2D eigenvalue weighted by molar-refractivity contribution is 5.85. The van der Waals surface area contributed by atoms with E-state index in [1.54, 1.807) is 12.4 Å². The third-order valence-electron chi connectivity index (χ3n) is 2.92. The number of likely N-dealkylation sites (N-methyl/N-ethyl adjacent to an activating group) is 1. The lowest BCUT2D eigenvalue weighted by atomic mass is 10.1. The van der Waals surface area contributed by atoms with Crippen molar-refractivity contribution in [3.05, 3.63) is 24.3 Å². The Morgan fingerprint density at radius 1 is 1.50 bits per heavy atom. The third kappa shape index (κ3) is 3.70. The molecule has 0 saturated carbocycles. The molecule has 1 atom stereocenters. The fourth-order valence-electron chi connectivity index (χ4n) is 2.01. The molecule has 1 N–H and O–H groups in total. The molecule has 5 heteroatoms. The Morgan fingerprint density at radius 2 is 2.38 bits per heavy atom. The summed E-state index contributed by atoms with van der Waals surface area (Å²) in [6.07, 6.45) is 7.86. The number of hydrogen-bond acceptors (Lipinski definition) is 4. The molecule has 0 aliphatic carbocycles. The van der Waals surface area contributed by atoms with Gasteiger partial charge in [0.15, 0.2) is 0 Å². The lowest BCUT2D eigenvalue weighted by Crippen LogP contribution is -2.43. The molecule has 0 aromatic carbocycles. The van der Waals surface area contributed by atoms with Crippen molar-refractivity contribution in [1.82, 2.24) is 20.2 Å². The highest BCUT2D eigenvalue weighted by atomic mass is 35.5. The second-order valence-electron chi connectivity index (χ2n) is 4.11. The molecule has 2 heterocycles. The Labute approximate surface area is 103 Å². The minimum atomic E-state index is 0. The Hall–Kier alpha value is -0.710. The zero-order valence-electron chi connectivity index (χ0n) is 9.59. The molecular weight excluding hydrogens is 224 g/mol. The molecule has 2 rings (SSSR count). The predicted octanol–water partition coefficient (Wildman–Crippen LogP) is 1.08. The molecule has 4 nitrogen and oxygen atoms in total. The SMILES string of the molecule is CN(Cc1cnccn1)[C@@H]1CCCNC1.Cl. The van der Waals surface area contributed by atoms with Crippen molar-refractivity contribution in [2.75, 3.05) is 20.1 Å². The molecule has 1 aliphatic heterocycles. The number of hydrogen-bond donors (Lipinski definition) is 1. The van der Waals surface area contributed by atoms with Gasteiger partial charge in [0.2, 0.25) is 0 Å². The normalized spacial score (nSPS) is 20.5. The minimum absolute atomic E-state index is 0. The van der Waals surface area contributed by atoms with Crippen LogP contribution in [0.15, 0.2) is 18.6 Å². The van der Waals surface area contributed by atoms with Gasteiger partial charge in [0.25, 0.3) is 0 Å². The number of nitrogens with zero attached hydrogens (tertiary/aromatic N) is 3. The highest BCUT2D eigenvalue weighted by Gasteiger charge is 2.17. The van der Waals surface area contributed by atoms with Gasteiger partial charge in [0.05, 0.1) is 5.69 Å². The molecule has 0 amide bonds. The van der Waals surface area contributed by atoms with Crippen LogP contribution in [-0.2, 0) is 6.54 Å². The van der Waals surface area contributed by atoms with E-state index in [1.807, 2.05) is 6.20 Å². The van der Waals surface area contributed by atoms with E-state index in [0.717, 1.165) is 25.3 Å². The molecule has 16 heavy (non-hydrogen) atoms. The van der Waals surface area contributed by atoms with Gasteiger partial charge in [-0.25, -0.2) is 0 Å². The van der Waals surface area contributed by atoms with Crippen molar-refractivity contribution in [1.29, 1.82) is 0 Å². The summed E-state index contributed by atoms with van der Waals surface area (Å²) in [5.74, 6) is 0. The zero-order valence-corrected chi connectivity index (χ0v) is 10.4. The number of nitrogens with one attached hydrogen (secondary N) is 1. The van der Waals surface area contributed by atoms with Crippen molar-refractivity contribution in [3.63, 3.8) is 0 Å². The first-order valence-electron chi connectivity index (χ1n) is 5.52. The number of piperidine rings is 1. The summed E-state index contributed by atoms with van der Waals surface area (Å²) in [6, 6.07) is 0.640. The van der Waals surface area contributed by atoms with E-state index in [-0.39, 0.29) is 12.4 Å². The number of aromatic nitrogens is 2. The third-order valence-corrected chi connectivity index (χ3v) is 2.92. The van der Waals surface area contributed by atoms with Gasteiger partial charge < -0.3 is 5.32 Å². The average molecular weight is 243 g/mol. The molecular formula is C11H19ClN4. The van der Waals surface area contributed by atoms with E-state index in [4.69, 9.17) is 0 Å². The summed E-state index contributed by atoms with van der Waals surface area (Å²) >= 11 is 0. The molecule has 0 spiro atoms. The Morgan fingerprint density at radius 3 is 3.00 bits per heavy atom. The lowest BCUT2D eigenvalue weighted by Gasteiger charge is -2.31. The first-order valence-corrected chi connectivity index (χ1v) is 5.52. The van der Waals surface area contributed by atoms with Crippen LogP contribution in [0.4, 0.5) is 0 Å². The molecule has 1 aliphatic rings. The molecule has 1 aromatic heterocycles. The molecule has 0 unspecified atom stereocenters. The predicted molar refractivity (Wildman–Crippen MR) is 66.6 cm³/mol. The van der Waals surface area contributed by atoms with Gasteiger partial charge in [-0.1, -0.05) is 0 Å². The topological polar surface area (TPSA) is 41.1 Å². The summed E-state index contributed by atoms with van der Waals surface area (Å²) in [5, 5.41) is 3.42. The van der Waals surface area contributed by atoms with Gasteiger partial charge >= 0.3 is 0 Å². The van der Waals surface area contributed by atoms with Crippen LogP contribution < -0.4 is 5.32 Å². The van der Waals surface area contributed by atoms with Gasteiger partial charge in [0, 0.05) is 37.7 Å². The maximum Gasteiger partial charge on any atom is 0.0726 e. The number of halogens is 1. The highest BCUT2D eigenvalue weighted by Crippen LogP contribution is 2.10. The summed E-state index contributed by atoms with van der Waals surface area (Å²) in [6.45, 7) is 3.15. The van der Waals surface area contributed by atoms with Crippen LogP contribution in [0.3, 0.4) is 0 Å². The van der Waals surface area contributed by atoms with Crippen LogP contribution in [0, 0.1) is 0 Å². The van der Waals surface area contributed by atoms with Crippen molar-refractivity contribution in [2.24, 2.45) is 0 Å². The second-order valence-corrected chi connectivity index (χ2v) is 4.11. The first kappa shape index (κ1) is 13.4. The smallest absolute Gasteiger partial charge is 0.0726 e. The van der Waals surface area contributed by atoms with Crippen LogP contribution in [0.1, 0.15) is 18.5 Å². The van der Waals surface area contributed by atoms with E-state index < -0.39 is 0 Å². The zero-order chi connectivity index (χ0) is 10.5. The van der Waals surface area contributed by atoms with Crippen molar-refractivity contribution in [2.45, 2.75) is 25.4 Å². The standard InChI is InChI=1S/C11H18N4.ClH/c1-15(11-3-2-4-12-8-11)9-10-7-13-5-6-14-10;/h5-7,11-12H,2-4,8-9H2,1H3;1H/t11-;/m1./s1. The summed E-state index contributed by atoms with van der Waals surface area (Å²) in [4.78, 5) is 10.7. The second kappa shape index (κ2) is 6.78. The van der Waals surface area contributed by atoms with Crippen molar-refractivity contribution >= 4 is 12.4 Å². The number of rotatable bonds is 3. The molecule has 0 bridgehead atoms. The molecule has 1 fully saturated rings. The molecule has 1 saturated heterocycles. The van der Waals surface area contributed by atoms with Crippen molar-refractivity contribution in [3.8, 4) is 0 Å². The Kier molecular flexibility index (Phi) is 5.66. The average Bonchev–Trinajstić information content (AvgIpc) is 2.31. The van der Waals surface area contributed by atoms with Gasteiger partial charge in [-0.15, -0.1) is 12.4 Å². The molecule has 1 aromatic rings. The molecule has 90 valence electrons. The first-order chi connectivity index (χ1) is 7.36. The van der Waals surface area contributed by atoms with Crippen molar-refractivity contribution < 1.29 is 0 Å². The van der Waals surface area contributed by atoms with E-state index >= 15 is 0 Å². The van der Waals surface area contributed by atoms with Gasteiger partial charge in [-0.3, -0.25) is 14.9 Å². The summed E-state index contributed by atoms with van der Waals surface area (Å²) < 4.78 is 0. The van der Waals surface area contributed by atoms with Crippen LogP contribution in [0.25, 0.3) is 0 Å².